The molecule has 96 valence electrons. The molecule has 8 heteroatoms. The van der Waals surface area contributed by atoms with E-state index in [1.807, 2.05) is 0 Å². The van der Waals surface area contributed by atoms with Crippen LogP contribution >= 0.6 is 11.3 Å². The number of nitrogens with zero attached hydrogens (tertiary/aromatic N) is 2. The molecule has 0 radical (unpaired) electrons. The van der Waals surface area contributed by atoms with Crippen molar-refractivity contribution in [3.05, 3.63) is 35.3 Å². The highest BCUT2D eigenvalue weighted by molar-refractivity contribution is 7.13. The third kappa shape index (κ3) is 3.88. The Bertz CT molecular complexity index is 501. The minimum atomic E-state index is -4.68. The number of anilines is 1. The fourth-order valence-corrected chi connectivity index (χ4v) is 1.72. The molecule has 0 unspecified atom stereocenters. The molecule has 1 heterocycles. The second kappa shape index (κ2) is 5.21. The Morgan fingerprint density at radius 1 is 1.33 bits per heavy atom. The van der Waals surface area contributed by atoms with Gasteiger partial charge in [0.1, 0.15) is 11.3 Å². The molecule has 1 N–H and O–H groups in total. The molecule has 2 aromatic rings. The van der Waals surface area contributed by atoms with Gasteiger partial charge in [-0.05, 0) is 17.7 Å². The lowest BCUT2D eigenvalue weighted by molar-refractivity contribution is -0.274. The number of alkyl halides is 3. The van der Waals surface area contributed by atoms with Crippen LogP contribution < -0.4 is 10.1 Å². The first kappa shape index (κ1) is 12.6. The minimum Gasteiger partial charge on any atom is -0.406 e. The Balaban J connectivity index is 1.99. The monoisotopic (exact) mass is 275 g/mol. The van der Waals surface area contributed by atoms with Crippen LogP contribution in [0.4, 0.5) is 18.3 Å². The van der Waals surface area contributed by atoms with Gasteiger partial charge in [0.25, 0.3) is 0 Å². The lowest BCUT2D eigenvalue weighted by Gasteiger charge is -2.10. The summed E-state index contributed by atoms with van der Waals surface area (Å²) in [5.74, 6) is -0.237. The molecule has 18 heavy (non-hydrogen) atoms. The quantitative estimate of drug-likeness (QED) is 0.931. The van der Waals surface area contributed by atoms with Crippen molar-refractivity contribution >= 4 is 16.5 Å². The van der Waals surface area contributed by atoms with E-state index in [9.17, 15) is 13.2 Å². The van der Waals surface area contributed by atoms with Crippen LogP contribution in [0.3, 0.4) is 0 Å². The Hall–Kier alpha value is -1.83. The Morgan fingerprint density at radius 3 is 2.83 bits per heavy atom. The molecule has 0 aliphatic rings. The van der Waals surface area contributed by atoms with Gasteiger partial charge in [-0.1, -0.05) is 23.5 Å². The molecular weight excluding hydrogens is 267 g/mol. The zero-order chi connectivity index (χ0) is 13.0. The highest BCUT2D eigenvalue weighted by Crippen LogP contribution is 2.23. The smallest absolute Gasteiger partial charge is 0.406 e. The van der Waals surface area contributed by atoms with E-state index >= 15 is 0 Å². The summed E-state index contributed by atoms with van der Waals surface area (Å²) in [4.78, 5) is 0. The molecular formula is C10H8F3N3OS. The van der Waals surface area contributed by atoms with E-state index in [0.29, 0.717) is 17.2 Å². The van der Waals surface area contributed by atoms with Crippen molar-refractivity contribution in [3.63, 3.8) is 0 Å². The first-order valence-electron chi connectivity index (χ1n) is 4.88. The summed E-state index contributed by atoms with van der Waals surface area (Å²) in [6.45, 7) is 0.351. The predicted molar refractivity (Wildman–Crippen MR) is 60.4 cm³/mol. The van der Waals surface area contributed by atoms with Gasteiger partial charge in [-0.25, -0.2) is 0 Å². The van der Waals surface area contributed by atoms with Gasteiger partial charge in [0.05, 0.1) is 0 Å². The van der Waals surface area contributed by atoms with Crippen LogP contribution in [0.1, 0.15) is 5.56 Å². The largest absolute Gasteiger partial charge is 0.573 e. The molecule has 0 saturated carbocycles. The molecule has 0 amide bonds. The lowest BCUT2D eigenvalue weighted by Crippen LogP contribution is -2.17. The van der Waals surface area contributed by atoms with Gasteiger partial charge in [0.15, 0.2) is 0 Å². The number of hydrogen-bond acceptors (Lipinski definition) is 5. The SMILES string of the molecule is FC(F)(F)Oc1cccc(CNc2nncs2)c1. The summed E-state index contributed by atoms with van der Waals surface area (Å²) in [5, 5.41) is 10.9. The topological polar surface area (TPSA) is 47.0 Å². The average Bonchev–Trinajstić information content (AvgIpc) is 2.77. The van der Waals surface area contributed by atoms with Crippen molar-refractivity contribution < 1.29 is 17.9 Å². The van der Waals surface area contributed by atoms with Crippen molar-refractivity contribution in [2.45, 2.75) is 12.9 Å². The number of nitrogens with one attached hydrogen (secondary N) is 1. The van der Waals surface area contributed by atoms with Gasteiger partial charge in [-0.15, -0.1) is 23.4 Å². The van der Waals surface area contributed by atoms with Crippen molar-refractivity contribution in [2.24, 2.45) is 0 Å². The normalized spacial score (nSPS) is 11.3. The van der Waals surface area contributed by atoms with Crippen LogP contribution in [0.2, 0.25) is 0 Å². The van der Waals surface area contributed by atoms with E-state index in [0.717, 1.165) is 0 Å². The molecule has 0 bridgehead atoms. The van der Waals surface area contributed by atoms with Gasteiger partial charge in [-0.2, -0.15) is 0 Å². The minimum absolute atomic E-state index is 0.237. The fraction of sp³-hybridized carbons (Fsp3) is 0.200. The molecule has 4 nitrogen and oxygen atoms in total. The number of halogens is 3. The molecule has 0 atom stereocenters. The predicted octanol–water partition coefficient (Wildman–Crippen LogP) is 3.05. The molecule has 0 fully saturated rings. The highest BCUT2D eigenvalue weighted by atomic mass is 32.1. The second-order valence-electron chi connectivity index (χ2n) is 3.29. The van der Waals surface area contributed by atoms with Gasteiger partial charge < -0.3 is 10.1 Å². The number of benzene rings is 1. The number of aromatic nitrogens is 2. The molecule has 0 saturated heterocycles. The van der Waals surface area contributed by atoms with Crippen LogP contribution in [0, 0.1) is 0 Å². The summed E-state index contributed by atoms with van der Waals surface area (Å²) in [6.07, 6.45) is -4.68. The van der Waals surface area contributed by atoms with Gasteiger partial charge >= 0.3 is 6.36 Å². The summed E-state index contributed by atoms with van der Waals surface area (Å²) in [5.41, 5.74) is 2.22. The maximum atomic E-state index is 12.0. The maximum absolute atomic E-state index is 12.0. The first-order valence-corrected chi connectivity index (χ1v) is 5.75. The summed E-state index contributed by atoms with van der Waals surface area (Å²) in [6, 6.07) is 5.76. The highest BCUT2D eigenvalue weighted by Gasteiger charge is 2.31. The molecule has 2 rings (SSSR count). The third-order valence-corrected chi connectivity index (χ3v) is 2.58. The van der Waals surface area contributed by atoms with Crippen molar-refractivity contribution in [1.29, 1.82) is 0 Å². The van der Waals surface area contributed by atoms with E-state index in [1.165, 1.54) is 29.5 Å². The van der Waals surface area contributed by atoms with E-state index in [2.05, 4.69) is 20.3 Å². The van der Waals surface area contributed by atoms with E-state index in [4.69, 9.17) is 0 Å². The zero-order valence-corrected chi connectivity index (χ0v) is 9.76. The van der Waals surface area contributed by atoms with Crippen molar-refractivity contribution in [3.8, 4) is 5.75 Å². The molecule has 0 aliphatic carbocycles. The standard InChI is InChI=1S/C10H8F3N3OS/c11-10(12,13)17-8-3-1-2-7(4-8)5-14-9-16-15-6-18-9/h1-4,6H,5H2,(H,14,16). The molecule has 1 aromatic carbocycles. The molecule has 0 aliphatic heterocycles. The summed E-state index contributed by atoms with van der Waals surface area (Å²) in [7, 11) is 0. The second-order valence-corrected chi connectivity index (χ2v) is 4.13. The van der Waals surface area contributed by atoms with Gasteiger partial charge in [-0.3, -0.25) is 0 Å². The molecule has 1 aromatic heterocycles. The van der Waals surface area contributed by atoms with E-state index in [1.54, 1.807) is 11.6 Å². The van der Waals surface area contributed by atoms with Crippen LogP contribution in [0.15, 0.2) is 29.8 Å². The maximum Gasteiger partial charge on any atom is 0.573 e. The molecule has 0 spiro atoms. The third-order valence-electron chi connectivity index (χ3n) is 1.94. The summed E-state index contributed by atoms with van der Waals surface area (Å²) < 4.78 is 39.9. The lowest BCUT2D eigenvalue weighted by atomic mass is 10.2. The fourth-order valence-electron chi connectivity index (χ4n) is 1.28. The van der Waals surface area contributed by atoms with Crippen LogP contribution in [-0.4, -0.2) is 16.6 Å². The zero-order valence-electron chi connectivity index (χ0n) is 8.94. The number of rotatable bonds is 4. The van der Waals surface area contributed by atoms with Crippen LogP contribution in [0.25, 0.3) is 0 Å². The average molecular weight is 275 g/mol. The summed E-state index contributed by atoms with van der Waals surface area (Å²) >= 11 is 1.31. The number of ether oxygens (including phenoxy) is 1. The Kier molecular flexibility index (Phi) is 3.66. The van der Waals surface area contributed by atoms with Gasteiger partial charge in [0, 0.05) is 6.54 Å². The first-order chi connectivity index (χ1) is 8.53. The van der Waals surface area contributed by atoms with Crippen LogP contribution in [0.5, 0.6) is 5.75 Å². The Labute approximate surface area is 104 Å². The van der Waals surface area contributed by atoms with E-state index < -0.39 is 6.36 Å². The Morgan fingerprint density at radius 2 is 2.17 bits per heavy atom. The van der Waals surface area contributed by atoms with Crippen molar-refractivity contribution in [1.82, 2.24) is 10.2 Å². The van der Waals surface area contributed by atoms with Crippen LogP contribution in [-0.2, 0) is 6.54 Å². The van der Waals surface area contributed by atoms with Gasteiger partial charge in [0.2, 0.25) is 5.13 Å². The van der Waals surface area contributed by atoms with Crippen molar-refractivity contribution in [2.75, 3.05) is 5.32 Å². The van der Waals surface area contributed by atoms with E-state index in [-0.39, 0.29) is 5.75 Å². The number of hydrogen-bond donors (Lipinski definition) is 1.